The minimum Gasteiger partial charge on any atom is -0.406 e. The van der Waals surface area contributed by atoms with Crippen LogP contribution in [0.1, 0.15) is 49.7 Å². The Morgan fingerprint density at radius 1 is 1.02 bits per heavy atom. The predicted octanol–water partition coefficient (Wildman–Crippen LogP) is 7.97. The van der Waals surface area contributed by atoms with Crippen molar-refractivity contribution in [3.05, 3.63) is 106 Å². The van der Waals surface area contributed by atoms with Gasteiger partial charge in [-0.2, -0.15) is 4.99 Å². The maximum absolute atomic E-state index is 15.4. The van der Waals surface area contributed by atoms with Crippen molar-refractivity contribution < 1.29 is 31.5 Å². The molecule has 3 aromatic carbocycles. The first-order valence-corrected chi connectivity index (χ1v) is 15.0. The van der Waals surface area contributed by atoms with Crippen LogP contribution in [0.15, 0.2) is 83.4 Å². The number of thiazole rings is 1. The molecule has 0 aliphatic carbocycles. The van der Waals surface area contributed by atoms with Crippen molar-refractivity contribution in [2.45, 2.75) is 52.2 Å². The summed E-state index contributed by atoms with van der Waals surface area (Å²) in [4.78, 5) is 21.7. The molecule has 2 aromatic heterocycles. The van der Waals surface area contributed by atoms with Gasteiger partial charge in [-0.15, -0.1) is 29.6 Å². The summed E-state index contributed by atoms with van der Waals surface area (Å²) in [6.45, 7) is 7.29. The van der Waals surface area contributed by atoms with Gasteiger partial charge in [-0.3, -0.25) is 4.57 Å². The molecule has 1 N–H and O–H groups in total. The first kappa shape index (κ1) is 32.5. The van der Waals surface area contributed by atoms with Gasteiger partial charge in [-0.05, 0) is 73.4 Å². The molecule has 5 rings (SSSR count). The lowest BCUT2D eigenvalue weighted by molar-refractivity contribution is -0.274. The number of aryl methyl sites for hydroxylation is 1. The molecule has 2 heterocycles. The molecule has 0 saturated heterocycles. The standard InChI is InChI=1S/C32H29F5N6O2S/c1-18(2)26-15-23(33)9-14-27(26)43-19(3)16-46-31(43)40-30(44)39-20(4)28(34)21-5-7-22(8-6-21)29-38-17-42(41-29)24-10-12-25(13-11-24)45-32(35,36)37/h5-18,20,28H,1-4H3,(H,39,44). The number of benzene rings is 3. The fourth-order valence-electron chi connectivity index (χ4n) is 4.77. The van der Waals surface area contributed by atoms with Crippen LogP contribution >= 0.6 is 11.3 Å². The van der Waals surface area contributed by atoms with Crippen LogP contribution in [0.25, 0.3) is 22.8 Å². The van der Waals surface area contributed by atoms with Gasteiger partial charge in [-0.1, -0.05) is 38.1 Å². The summed E-state index contributed by atoms with van der Waals surface area (Å²) in [7, 11) is 0. The highest BCUT2D eigenvalue weighted by Gasteiger charge is 2.31. The topological polar surface area (TPSA) is 86.3 Å². The van der Waals surface area contributed by atoms with Crippen LogP contribution in [0.2, 0.25) is 0 Å². The molecular formula is C32H29F5N6O2S. The highest BCUT2D eigenvalue weighted by atomic mass is 32.1. The summed E-state index contributed by atoms with van der Waals surface area (Å²) in [5.74, 6) is -0.375. The van der Waals surface area contributed by atoms with E-state index in [4.69, 9.17) is 0 Å². The number of hydrogen-bond acceptors (Lipinski definition) is 5. The van der Waals surface area contributed by atoms with E-state index < -0.39 is 24.6 Å². The third-order valence-corrected chi connectivity index (χ3v) is 7.98. The Bertz CT molecular complexity index is 1900. The van der Waals surface area contributed by atoms with Gasteiger partial charge in [0.05, 0.1) is 17.4 Å². The number of carbonyl (C=O) groups excluding carboxylic acids is 1. The lowest BCUT2D eigenvalue weighted by atomic mass is 10.0. The van der Waals surface area contributed by atoms with Crippen LogP contribution in [-0.2, 0) is 0 Å². The molecule has 8 nitrogen and oxygen atoms in total. The number of ether oxygens (including phenoxy) is 1. The van der Waals surface area contributed by atoms with Gasteiger partial charge in [0.15, 0.2) is 10.6 Å². The van der Waals surface area contributed by atoms with E-state index in [2.05, 4.69) is 25.1 Å². The summed E-state index contributed by atoms with van der Waals surface area (Å²) in [5.41, 5.74) is 3.65. The highest BCUT2D eigenvalue weighted by molar-refractivity contribution is 7.07. The number of alkyl halides is 4. The Labute approximate surface area is 264 Å². The van der Waals surface area contributed by atoms with Gasteiger partial charge in [0.1, 0.15) is 24.1 Å². The maximum atomic E-state index is 15.4. The number of nitrogens with one attached hydrogen (secondary N) is 1. The Kier molecular flexibility index (Phi) is 9.37. The third kappa shape index (κ3) is 7.50. The molecule has 2 atom stereocenters. The minimum atomic E-state index is -4.79. The smallest absolute Gasteiger partial charge is 0.406 e. The van der Waals surface area contributed by atoms with Crippen LogP contribution in [0.4, 0.5) is 26.7 Å². The third-order valence-electron chi connectivity index (χ3n) is 7.03. The van der Waals surface area contributed by atoms with Crippen molar-refractivity contribution in [2.75, 3.05) is 0 Å². The van der Waals surface area contributed by atoms with E-state index in [-0.39, 0.29) is 17.5 Å². The van der Waals surface area contributed by atoms with Crippen LogP contribution < -0.4 is 14.9 Å². The number of hydrogen-bond donors (Lipinski definition) is 1. The normalized spacial score (nSPS) is 13.6. The second-order valence-electron chi connectivity index (χ2n) is 10.8. The molecule has 240 valence electrons. The lowest BCUT2D eigenvalue weighted by Crippen LogP contribution is -2.35. The number of aromatic nitrogens is 4. The monoisotopic (exact) mass is 656 g/mol. The molecule has 0 spiro atoms. The van der Waals surface area contributed by atoms with Gasteiger partial charge in [0, 0.05) is 16.6 Å². The van der Waals surface area contributed by atoms with Crippen LogP contribution in [-0.4, -0.2) is 37.8 Å². The zero-order valence-electron chi connectivity index (χ0n) is 25.1. The predicted molar refractivity (Wildman–Crippen MR) is 163 cm³/mol. The zero-order chi connectivity index (χ0) is 33.2. The molecule has 0 aliphatic heterocycles. The first-order valence-electron chi connectivity index (χ1n) is 14.1. The van der Waals surface area contributed by atoms with Gasteiger partial charge in [0.2, 0.25) is 0 Å². The van der Waals surface area contributed by atoms with Crippen molar-refractivity contribution in [3.8, 4) is 28.5 Å². The maximum Gasteiger partial charge on any atom is 0.573 e. The SMILES string of the molecule is Cc1csc(=NC(=O)NC(C)C(F)c2ccc(-c3ncn(-c4ccc(OC(F)(F)F)cc4)n3)cc2)n1-c1ccc(F)cc1C(C)C. The molecule has 0 saturated carbocycles. The van der Waals surface area contributed by atoms with E-state index >= 15 is 4.39 Å². The molecule has 14 heteroatoms. The number of carbonyl (C=O) groups is 1. The molecule has 0 radical (unpaired) electrons. The zero-order valence-corrected chi connectivity index (χ0v) is 25.9. The molecule has 46 heavy (non-hydrogen) atoms. The summed E-state index contributed by atoms with van der Waals surface area (Å²) in [5, 5.41) is 8.79. The van der Waals surface area contributed by atoms with Crippen LogP contribution in [0, 0.1) is 12.7 Å². The second kappa shape index (κ2) is 13.3. The van der Waals surface area contributed by atoms with E-state index in [1.54, 1.807) is 34.9 Å². The minimum absolute atomic E-state index is 0.0203. The van der Waals surface area contributed by atoms with E-state index in [1.165, 1.54) is 65.7 Å². The Balaban J connectivity index is 1.26. The van der Waals surface area contributed by atoms with Gasteiger partial charge < -0.3 is 10.1 Å². The van der Waals surface area contributed by atoms with Crippen LogP contribution in [0.5, 0.6) is 5.75 Å². The van der Waals surface area contributed by atoms with E-state index in [0.717, 1.165) is 11.3 Å². The Morgan fingerprint density at radius 2 is 1.72 bits per heavy atom. The summed E-state index contributed by atoms with van der Waals surface area (Å²) in [6, 6.07) is 14.4. The van der Waals surface area contributed by atoms with E-state index in [1.807, 2.05) is 26.2 Å². The second-order valence-corrected chi connectivity index (χ2v) is 11.6. The van der Waals surface area contributed by atoms with E-state index in [0.29, 0.717) is 33.1 Å². The number of amides is 2. The average Bonchev–Trinajstić information content (AvgIpc) is 3.63. The van der Waals surface area contributed by atoms with Crippen molar-refractivity contribution >= 4 is 17.4 Å². The van der Waals surface area contributed by atoms with Gasteiger partial charge in [-0.25, -0.2) is 23.2 Å². The quantitative estimate of drug-likeness (QED) is 0.172. The number of nitrogens with zero attached hydrogens (tertiary/aromatic N) is 5. The fraction of sp³-hybridized carbons (Fsp3) is 0.250. The average molecular weight is 657 g/mol. The number of halogens is 5. The Morgan fingerprint density at radius 3 is 2.37 bits per heavy atom. The first-order chi connectivity index (χ1) is 21.8. The molecule has 0 fully saturated rings. The number of rotatable bonds is 8. The Hall–Kier alpha value is -4.85. The van der Waals surface area contributed by atoms with Gasteiger partial charge in [0.25, 0.3) is 0 Å². The largest absolute Gasteiger partial charge is 0.573 e. The molecular weight excluding hydrogens is 627 g/mol. The molecule has 2 amide bonds. The van der Waals surface area contributed by atoms with Crippen molar-refractivity contribution in [3.63, 3.8) is 0 Å². The van der Waals surface area contributed by atoms with Crippen molar-refractivity contribution in [1.82, 2.24) is 24.6 Å². The summed E-state index contributed by atoms with van der Waals surface area (Å²) >= 11 is 1.25. The van der Waals surface area contributed by atoms with Crippen molar-refractivity contribution in [1.29, 1.82) is 0 Å². The molecule has 5 aromatic rings. The van der Waals surface area contributed by atoms with E-state index in [9.17, 15) is 22.4 Å². The van der Waals surface area contributed by atoms with Gasteiger partial charge >= 0.3 is 12.4 Å². The van der Waals surface area contributed by atoms with Crippen LogP contribution in [0.3, 0.4) is 0 Å². The molecule has 0 bridgehead atoms. The summed E-state index contributed by atoms with van der Waals surface area (Å²) in [6.07, 6.45) is -4.94. The number of urea groups is 1. The molecule has 0 aliphatic rings. The molecule has 2 unspecified atom stereocenters. The summed E-state index contributed by atoms with van der Waals surface area (Å²) < 4.78 is 73.7. The fourth-order valence-corrected chi connectivity index (χ4v) is 5.63. The van der Waals surface area contributed by atoms with Crippen molar-refractivity contribution in [2.24, 2.45) is 4.99 Å². The highest BCUT2D eigenvalue weighted by Crippen LogP contribution is 2.27. The lowest BCUT2D eigenvalue weighted by Gasteiger charge is -2.18.